The standard InChI is InChI=1S/C20H23FN2O3S/c1-14-4-3-5-15(2)23(14)27(25,26)19-12-10-18(11-13-19)22-20(24)16-6-8-17(21)9-7-16/h6-15H,3-5H2,1-2H3,(H,22,24)/t14-,15-/m0/s1. The van der Waals surface area contributed by atoms with Crippen molar-refractivity contribution < 1.29 is 17.6 Å². The van der Waals surface area contributed by atoms with Crippen molar-refractivity contribution >= 4 is 21.6 Å². The Balaban J connectivity index is 1.76. The van der Waals surface area contributed by atoms with E-state index < -0.39 is 15.8 Å². The summed E-state index contributed by atoms with van der Waals surface area (Å²) in [5.74, 6) is -0.800. The van der Waals surface area contributed by atoms with Gasteiger partial charge in [0, 0.05) is 23.3 Å². The summed E-state index contributed by atoms with van der Waals surface area (Å²) in [6.07, 6.45) is 2.74. The van der Waals surface area contributed by atoms with Gasteiger partial charge in [-0.05, 0) is 75.2 Å². The van der Waals surface area contributed by atoms with Crippen LogP contribution in [0.5, 0.6) is 0 Å². The molecule has 0 unspecified atom stereocenters. The predicted octanol–water partition coefficient (Wildman–Crippen LogP) is 4.03. The summed E-state index contributed by atoms with van der Waals surface area (Å²) >= 11 is 0. The fourth-order valence-electron chi connectivity index (χ4n) is 3.51. The zero-order valence-electron chi connectivity index (χ0n) is 15.4. The topological polar surface area (TPSA) is 66.5 Å². The number of anilines is 1. The van der Waals surface area contributed by atoms with Crippen LogP contribution >= 0.6 is 0 Å². The maximum absolute atomic E-state index is 13.0. The van der Waals surface area contributed by atoms with Crippen LogP contribution in [0.1, 0.15) is 43.5 Å². The molecule has 1 saturated heterocycles. The summed E-state index contributed by atoms with van der Waals surface area (Å²) in [7, 11) is -3.58. The Morgan fingerprint density at radius 3 is 2.11 bits per heavy atom. The lowest BCUT2D eigenvalue weighted by Gasteiger charge is -2.37. The van der Waals surface area contributed by atoms with Crippen molar-refractivity contribution in [3.8, 4) is 0 Å². The average Bonchev–Trinajstić information content (AvgIpc) is 2.62. The molecule has 1 fully saturated rings. The molecule has 144 valence electrons. The number of nitrogens with one attached hydrogen (secondary N) is 1. The maximum atomic E-state index is 13.0. The number of hydrogen-bond acceptors (Lipinski definition) is 3. The summed E-state index contributed by atoms with van der Waals surface area (Å²) in [5.41, 5.74) is 0.798. The number of sulfonamides is 1. The molecule has 2 aromatic carbocycles. The number of carbonyl (C=O) groups excluding carboxylic acids is 1. The van der Waals surface area contributed by atoms with Crippen molar-refractivity contribution in [2.75, 3.05) is 5.32 Å². The first-order valence-electron chi connectivity index (χ1n) is 8.99. The van der Waals surface area contributed by atoms with Crippen LogP contribution in [0.15, 0.2) is 53.4 Å². The molecule has 1 amide bonds. The van der Waals surface area contributed by atoms with Crippen LogP contribution in [-0.4, -0.2) is 30.7 Å². The Labute approximate surface area is 159 Å². The fraction of sp³-hybridized carbons (Fsp3) is 0.350. The first-order chi connectivity index (χ1) is 12.8. The van der Waals surface area contributed by atoms with Crippen LogP contribution < -0.4 is 5.32 Å². The molecule has 0 bridgehead atoms. The minimum absolute atomic E-state index is 0.0309. The quantitative estimate of drug-likeness (QED) is 0.857. The van der Waals surface area contributed by atoms with Crippen molar-refractivity contribution in [2.45, 2.75) is 50.1 Å². The molecule has 27 heavy (non-hydrogen) atoms. The Morgan fingerprint density at radius 2 is 1.56 bits per heavy atom. The van der Waals surface area contributed by atoms with Gasteiger partial charge in [0.15, 0.2) is 0 Å². The predicted molar refractivity (Wildman–Crippen MR) is 103 cm³/mol. The molecule has 0 aromatic heterocycles. The molecule has 7 heteroatoms. The number of nitrogens with zero attached hydrogens (tertiary/aromatic N) is 1. The summed E-state index contributed by atoms with van der Waals surface area (Å²) in [4.78, 5) is 12.4. The second kappa shape index (κ2) is 7.78. The molecular weight excluding hydrogens is 367 g/mol. The van der Waals surface area contributed by atoms with E-state index in [0.29, 0.717) is 11.3 Å². The monoisotopic (exact) mass is 390 g/mol. The Hall–Kier alpha value is -2.25. The van der Waals surface area contributed by atoms with Gasteiger partial charge in [0.25, 0.3) is 5.91 Å². The van der Waals surface area contributed by atoms with Crippen LogP contribution in [0, 0.1) is 5.82 Å². The normalized spacial score (nSPS) is 21.0. The van der Waals surface area contributed by atoms with Gasteiger partial charge in [0.05, 0.1) is 4.90 Å². The van der Waals surface area contributed by atoms with Crippen molar-refractivity contribution in [3.05, 3.63) is 59.9 Å². The summed E-state index contributed by atoms with van der Waals surface area (Å²) < 4.78 is 40.5. The van der Waals surface area contributed by atoms with E-state index in [1.807, 2.05) is 13.8 Å². The van der Waals surface area contributed by atoms with Gasteiger partial charge in [-0.3, -0.25) is 4.79 Å². The number of hydrogen-bond donors (Lipinski definition) is 1. The highest BCUT2D eigenvalue weighted by atomic mass is 32.2. The molecule has 0 saturated carbocycles. The van der Waals surface area contributed by atoms with E-state index in [2.05, 4.69) is 5.32 Å². The van der Waals surface area contributed by atoms with E-state index in [1.165, 1.54) is 36.4 Å². The molecule has 1 aliphatic heterocycles. The van der Waals surface area contributed by atoms with E-state index in [0.717, 1.165) is 19.3 Å². The zero-order chi connectivity index (χ0) is 19.6. The lowest BCUT2D eigenvalue weighted by atomic mass is 10.0. The molecule has 5 nitrogen and oxygen atoms in total. The number of benzene rings is 2. The van der Waals surface area contributed by atoms with Gasteiger partial charge >= 0.3 is 0 Å². The number of amides is 1. The number of halogens is 1. The van der Waals surface area contributed by atoms with E-state index in [1.54, 1.807) is 16.4 Å². The second-order valence-electron chi connectivity index (χ2n) is 6.95. The minimum atomic E-state index is -3.58. The zero-order valence-corrected chi connectivity index (χ0v) is 16.2. The third-order valence-electron chi connectivity index (χ3n) is 4.91. The van der Waals surface area contributed by atoms with E-state index >= 15 is 0 Å². The fourth-order valence-corrected chi connectivity index (χ4v) is 5.39. The molecule has 0 spiro atoms. The van der Waals surface area contributed by atoms with Gasteiger partial charge in [-0.2, -0.15) is 4.31 Å². The van der Waals surface area contributed by atoms with E-state index in [-0.39, 0.29) is 22.9 Å². The maximum Gasteiger partial charge on any atom is 0.255 e. The smallest absolute Gasteiger partial charge is 0.255 e. The molecule has 0 aliphatic carbocycles. The number of piperidine rings is 1. The lowest BCUT2D eigenvalue weighted by molar-refractivity contribution is 0.102. The molecule has 0 radical (unpaired) electrons. The van der Waals surface area contributed by atoms with Gasteiger partial charge in [-0.25, -0.2) is 12.8 Å². The van der Waals surface area contributed by atoms with Crippen molar-refractivity contribution in [2.24, 2.45) is 0 Å². The van der Waals surface area contributed by atoms with Crippen LogP contribution in [0.4, 0.5) is 10.1 Å². The van der Waals surface area contributed by atoms with Gasteiger partial charge < -0.3 is 5.32 Å². The van der Waals surface area contributed by atoms with Crippen LogP contribution in [0.25, 0.3) is 0 Å². The molecule has 1 heterocycles. The number of rotatable bonds is 4. The summed E-state index contributed by atoms with van der Waals surface area (Å²) in [6.45, 7) is 3.87. The Kier molecular flexibility index (Phi) is 5.62. The third kappa shape index (κ3) is 4.20. The average molecular weight is 390 g/mol. The molecule has 1 aliphatic rings. The lowest BCUT2D eigenvalue weighted by Crippen LogP contribution is -2.47. The van der Waals surface area contributed by atoms with Crippen LogP contribution in [0.3, 0.4) is 0 Å². The van der Waals surface area contributed by atoms with E-state index in [9.17, 15) is 17.6 Å². The highest BCUT2D eigenvalue weighted by Gasteiger charge is 2.35. The van der Waals surface area contributed by atoms with Gasteiger partial charge in [-0.15, -0.1) is 0 Å². The summed E-state index contributed by atoms with van der Waals surface area (Å²) in [6, 6.07) is 11.3. The molecule has 2 atom stereocenters. The van der Waals surface area contributed by atoms with Crippen molar-refractivity contribution in [1.82, 2.24) is 4.31 Å². The van der Waals surface area contributed by atoms with Crippen molar-refractivity contribution in [1.29, 1.82) is 0 Å². The number of carbonyl (C=O) groups is 1. The SMILES string of the molecule is C[C@H]1CCC[C@H](C)N1S(=O)(=O)c1ccc(NC(=O)c2ccc(F)cc2)cc1. The molecule has 1 N–H and O–H groups in total. The highest BCUT2D eigenvalue weighted by molar-refractivity contribution is 7.89. The molecule has 2 aromatic rings. The van der Waals surface area contributed by atoms with Gasteiger partial charge in [0.2, 0.25) is 10.0 Å². The van der Waals surface area contributed by atoms with Gasteiger partial charge in [0.1, 0.15) is 5.82 Å². The van der Waals surface area contributed by atoms with Crippen molar-refractivity contribution in [3.63, 3.8) is 0 Å². The van der Waals surface area contributed by atoms with Gasteiger partial charge in [-0.1, -0.05) is 6.42 Å². The Bertz CT molecular complexity index is 901. The molecular formula is C20H23FN2O3S. The first kappa shape index (κ1) is 19.5. The highest BCUT2D eigenvalue weighted by Crippen LogP contribution is 2.30. The third-order valence-corrected chi connectivity index (χ3v) is 7.05. The second-order valence-corrected chi connectivity index (χ2v) is 8.79. The van der Waals surface area contributed by atoms with E-state index in [4.69, 9.17) is 0 Å². The Morgan fingerprint density at radius 1 is 1.00 bits per heavy atom. The molecule has 3 rings (SSSR count). The van der Waals surface area contributed by atoms with Crippen LogP contribution in [-0.2, 0) is 10.0 Å². The van der Waals surface area contributed by atoms with Crippen LogP contribution in [0.2, 0.25) is 0 Å². The summed E-state index contributed by atoms with van der Waals surface area (Å²) in [5, 5.41) is 2.68. The first-order valence-corrected chi connectivity index (χ1v) is 10.4. The minimum Gasteiger partial charge on any atom is -0.322 e. The largest absolute Gasteiger partial charge is 0.322 e.